The molecular weight excluding hydrogens is 338 g/mol. The van der Waals surface area contributed by atoms with Gasteiger partial charge < -0.3 is 9.29 Å². The Balaban J connectivity index is 1.85. The molecule has 5 atom stereocenters. The van der Waals surface area contributed by atoms with Crippen LogP contribution in [0.2, 0.25) is 0 Å². The van der Waals surface area contributed by atoms with Crippen LogP contribution in [0.3, 0.4) is 0 Å². The maximum Gasteiger partial charge on any atom is 0.428 e. The molecule has 3 rings (SSSR count). The molecule has 8 nitrogen and oxygen atoms in total. The summed E-state index contributed by atoms with van der Waals surface area (Å²) < 4.78 is 89.9. The summed E-state index contributed by atoms with van der Waals surface area (Å²) in [4.78, 5) is 11.2. The quantitative estimate of drug-likeness (QED) is 0.368. The van der Waals surface area contributed by atoms with Gasteiger partial charge >= 0.3 is 11.2 Å². The van der Waals surface area contributed by atoms with Crippen LogP contribution in [-0.4, -0.2) is 50.1 Å². The number of hydrogen-bond acceptors (Lipinski definition) is 8. The largest absolute Gasteiger partial charge is 0.743 e. The van der Waals surface area contributed by atoms with Crippen molar-refractivity contribution in [1.29, 1.82) is 0 Å². The number of hydrogen-bond donors (Lipinski definition) is 0. The Hall–Kier alpha value is -0.850. The molecular formula is C9H9F2O8S2-. The van der Waals surface area contributed by atoms with E-state index < -0.39 is 60.8 Å². The van der Waals surface area contributed by atoms with Gasteiger partial charge in [0.2, 0.25) is 0 Å². The van der Waals surface area contributed by atoms with E-state index in [0.29, 0.717) is 6.42 Å². The molecule has 12 heteroatoms. The highest BCUT2D eigenvalue weighted by Crippen LogP contribution is 2.55. The van der Waals surface area contributed by atoms with Crippen LogP contribution in [0.1, 0.15) is 12.8 Å². The van der Waals surface area contributed by atoms with Crippen molar-refractivity contribution in [2.24, 2.45) is 11.8 Å². The summed E-state index contributed by atoms with van der Waals surface area (Å²) in [5.74, 6) is -3.51. The summed E-state index contributed by atoms with van der Waals surface area (Å²) in [5.41, 5.74) is 0. The van der Waals surface area contributed by atoms with E-state index >= 15 is 0 Å². The third-order valence-corrected chi connectivity index (χ3v) is 6.78. The molecule has 0 spiro atoms. The molecule has 1 heterocycles. The van der Waals surface area contributed by atoms with Crippen LogP contribution in [0, 0.1) is 11.8 Å². The molecule has 3 fully saturated rings. The number of carbonyl (C=O) groups is 1. The SMILES string of the molecule is O=C(OC1C2CC3OS(=O)(=O)C1C3C2)C(F)(F)S(=O)(=O)[O-]. The summed E-state index contributed by atoms with van der Waals surface area (Å²) in [7, 11) is -10.3. The first-order chi connectivity index (χ1) is 9.45. The third kappa shape index (κ3) is 1.99. The number of halogens is 2. The molecule has 2 aliphatic carbocycles. The van der Waals surface area contributed by atoms with Crippen LogP contribution in [0.4, 0.5) is 8.78 Å². The second-order valence-electron chi connectivity index (χ2n) is 5.33. The molecule has 120 valence electrons. The summed E-state index contributed by atoms with van der Waals surface area (Å²) in [6, 6.07) is 0. The average Bonchev–Trinajstić information content (AvgIpc) is 2.87. The van der Waals surface area contributed by atoms with Gasteiger partial charge in [-0.3, -0.25) is 4.18 Å². The molecule has 0 aromatic carbocycles. The summed E-state index contributed by atoms with van der Waals surface area (Å²) in [6.45, 7) is 0. The van der Waals surface area contributed by atoms with Gasteiger partial charge in [-0.05, 0) is 12.8 Å². The predicted molar refractivity (Wildman–Crippen MR) is 58.3 cm³/mol. The fourth-order valence-electron chi connectivity index (χ4n) is 3.38. The second-order valence-corrected chi connectivity index (χ2v) is 8.47. The molecule has 0 aromatic rings. The minimum absolute atomic E-state index is 0.216. The highest BCUT2D eigenvalue weighted by atomic mass is 32.2. The Kier molecular flexibility index (Phi) is 2.95. The molecule has 1 aliphatic heterocycles. The fourth-order valence-corrected chi connectivity index (χ4v) is 5.65. The van der Waals surface area contributed by atoms with E-state index in [1.165, 1.54) is 0 Å². The number of carbonyl (C=O) groups excluding carboxylic acids is 1. The lowest BCUT2D eigenvalue weighted by Gasteiger charge is -2.27. The van der Waals surface area contributed by atoms with Gasteiger partial charge in [-0.15, -0.1) is 0 Å². The van der Waals surface area contributed by atoms with Gasteiger partial charge in [-0.1, -0.05) is 0 Å². The highest BCUT2D eigenvalue weighted by molar-refractivity contribution is 7.88. The molecule has 0 aromatic heterocycles. The van der Waals surface area contributed by atoms with Gasteiger partial charge in [0.1, 0.15) is 11.4 Å². The van der Waals surface area contributed by atoms with Crippen molar-refractivity contribution in [1.82, 2.24) is 0 Å². The molecule has 2 saturated carbocycles. The number of alkyl halides is 2. The first-order valence-electron chi connectivity index (χ1n) is 5.91. The van der Waals surface area contributed by atoms with Crippen molar-refractivity contribution in [3.05, 3.63) is 0 Å². The topological polar surface area (TPSA) is 127 Å². The van der Waals surface area contributed by atoms with Crippen molar-refractivity contribution < 1.29 is 43.9 Å². The molecule has 0 amide bonds. The zero-order valence-electron chi connectivity index (χ0n) is 10.1. The molecule has 0 radical (unpaired) electrons. The average molecular weight is 347 g/mol. The third-order valence-electron chi connectivity index (χ3n) is 4.18. The summed E-state index contributed by atoms with van der Waals surface area (Å²) in [6.07, 6.45) is -1.43. The van der Waals surface area contributed by atoms with Crippen molar-refractivity contribution in [2.75, 3.05) is 0 Å². The minimum atomic E-state index is -6.24. The number of esters is 1. The van der Waals surface area contributed by atoms with Gasteiger partial charge in [0.15, 0.2) is 10.1 Å². The number of ether oxygens (including phenoxy) is 1. The van der Waals surface area contributed by atoms with E-state index in [9.17, 15) is 35.0 Å². The Labute approximate surface area is 118 Å². The first kappa shape index (κ1) is 15.1. The van der Waals surface area contributed by atoms with Gasteiger partial charge in [0.25, 0.3) is 10.1 Å². The molecule has 3 aliphatic rings. The van der Waals surface area contributed by atoms with Crippen LogP contribution in [0.25, 0.3) is 0 Å². The summed E-state index contributed by atoms with van der Waals surface area (Å²) >= 11 is 0. The van der Waals surface area contributed by atoms with E-state index in [1.54, 1.807) is 0 Å². The maximum atomic E-state index is 13.1. The van der Waals surface area contributed by atoms with Crippen LogP contribution >= 0.6 is 0 Å². The lowest BCUT2D eigenvalue weighted by molar-refractivity contribution is -0.169. The summed E-state index contributed by atoms with van der Waals surface area (Å²) in [5, 5.41) is -6.53. The zero-order valence-corrected chi connectivity index (χ0v) is 11.8. The van der Waals surface area contributed by atoms with Crippen molar-refractivity contribution in [3.63, 3.8) is 0 Å². The zero-order chi connectivity index (χ0) is 15.8. The lowest BCUT2D eigenvalue weighted by atomic mass is 9.95. The van der Waals surface area contributed by atoms with Crippen LogP contribution in [0.5, 0.6) is 0 Å². The van der Waals surface area contributed by atoms with E-state index in [-0.39, 0.29) is 6.42 Å². The van der Waals surface area contributed by atoms with E-state index in [1.807, 2.05) is 0 Å². The molecule has 1 saturated heterocycles. The fraction of sp³-hybridized carbons (Fsp3) is 0.889. The van der Waals surface area contributed by atoms with Gasteiger partial charge in [-0.25, -0.2) is 13.2 Å². The van der Waals surface area contributed by atoms with E-state index in [2.05, 4.69) is 4.74 Å². The lowest BCUT2D eigenvalue weighted by Crippen LogP contribution is -2.46. The van der Waals surface area contributed by atoms with E-state index in [0.717, 1.165) is 0 Å². The van der Waals surface area contributed by atoms with Gasteiger partial charge in [-0.2, -0.15) is 17.2 Å². The normalized spacial score (nSPS) is 40.4. The van der Waals surface area contributed by atoms with Crippen LogP contribution < -0.4 is 0 Å². The van der Waals surface area contributed by atoms with Crippen molar-refractivity contribution in [3.8, 4) is 0 Å². The highest BCUT2D eigenvalue weighted by Gasteiger charge is 2.67. The van der Waals surface area contributed by atoms with Gasteiger partial charge in [0.05, 0.1) is 6.10 Å². The van der Waals surface area contributed by atoms with Crippen LogP contribution in [0.15, 0.2) is 0 Å². The minimum Gasteiger partial charge on any atom is -0.743 e. The predicted octanol–water partition coefficient (Wildman–Crippen LogP) is -0.827. The van der Waals surface area contributed by atoms with E-state index in [4.69, 9.17) is 4.18 Å². The molecule has 2 bridgehead atoms. The maximum absolute atomic E-state index is 13.1. The Morgan fingerprint density at radius 1 is 1.33 bits per heavy atom. The Morgan fingerprint density at radius 2 is 1.95 bits per heavy atom. The monoisotopic (exact) mass is 347 g/mol. The number of rotatable bonds is 3. The van der Waals surface area contributed by atoms with Crippen molar-refractivity contribution >= 4 is 26.2 Å². The number of fused-ring (bicyclic) bond motifs is 1. The van der Waals surface area contributed by atoms with Crippen LogP contribution in [-0.2, 0) is 34.0 Å². The molecule has 5 unspecified atom stereocenters. The Bertz CT molecular complexity index is 697. The molecule has 21 heavy (non-hydrogen) atoms. The second kappa shape index (κ2) is 4.12. The smallest absolute Gasteiger partial charge is 0.428 e. The molecule has 0 N–H and O–H groups in total. The Morgan fingerprint density at radius 3 is 2.52 bits per heavy atom. The standard InChI is InChI=1S/C9H10F2O8S2/c10-9(11,21(15,16)17)8(12)18-6-3-1-4-5(2-3)19-20(13,14)7(4)6/h3-7H,1-2H2,(H,15,16,17)/p-1. The van der Waals surface area contributed by atoms with Gasteiger partial charge in [0, 0.05) is 11.8 Å². The van der Waals surface area contributed by atoms with Crippen molar-refractivity contribution in [2.45, 2.75) is 35.6 Å². The first-order valence-corrected chi connectivity index (χ1v) is 8.79.